The van der Waals surface area contributed by atoms with E-state index in [9.17, 15) is 8.78 Å². The van der Waals surface area contributed by atoms with Crippen molar-refractivity contribution in [2.75, 3.05) is 13.7 Å². The second-order valence-corrected chi connectivity index (χ2v) is 5.52. The van der Waals surface area contributed by atoms with E-state index in [2.05, 4.69) is 15.9 Å². The van der Waals surface area contributed by atoms with Crippen LogP contribution in [0.3, 0.4) is 0 Å². The minimum Gasteiger partial charge on any atom is -0.377 e. The molecule has 0 saturated carbocycles. The van der Waals surface area contributed by atoms with Crippen molar-refractivity contribution in [2.45, 2.75) is 32.0 Å². The Bertz CT molecular complexity index is 441. The van der Waals surface area contributed by atoms with Gasteiger partial charge in [-0.15, -0.1) is 0 Å². The summed E-state index contributed by atoms with van der Waals surface area (Å²) >= 11 is 3.08. The van der Waals surface area contributed by atoms with E-state index in [4.69, 9.17) is 4.74 Å². The van der Waals surface area contributed by atoms with Crippen LogP contribution in [0.25, 0.3) is 0 Å². The zero-order chi connectivity index (χ0) is 13.3. The summed E-state index contributed by atoms with van der Waals surface area (Å²) in [5, 5.41) is 0. The highest BCUT2D eigenvalue weighted by molar-refractivity contribution is 9.10. The predicted octanol–water partition coefficient (Wildman–Crippen LogP) is 3.34. The molecule has 2 nitrogen and oxygen atoms in total. The average Bonchev–Trinajstić information content (AvgIpc) is 2.76. The molecule has 1 fully saturated rings. The second kappa shape index (κ2) is 5.63. The van der Waals surface area contributed by atoms with E-state index in [1.807, 2.05) is 18.9 Å². The Balaban J connectivity index is 2.16. The average molecular weight is 320 g/mol. The SMILES string of the molecule is CC1OCCC1N(C)Cc1c(F)ccc(Br)c1F. The van der Waals surface area contributed by atoms with Crippen molar-refractivity contribution in [2.24, 2.45) is 0 Å². The molecule has 0 radical (unpaired) electrons. The van der Waals surface area contributed by atoms with Gasteiger partial charge in [-0.1, -0.05) is 0 Å². The lowest BCUT2D eigenvalue weighted by Crippen LogP contribution is -2.36. The van der Waals surface area contributed by atoms with Crippen molar-refractivity contribution in [1.29, 1.82) is 0 Å². The van der Waals surface area contributed by atoms with Gasteiger partial charge in [0, 0.05) is 24.8 Å². The van der Waals surface area contributed by atoms with Crippen LogP contribution in [0, 0.1) is 11.6 Å². The van der Waals surface area contributed by atoms with Gasteiger partial charge in [-0.05, 0) is 48.5 Å². The number of hydrogen-bond donors (Lipinski definition) is 0. The highest BCUT2D eigenvalue weighted by Gasteiger charge is 2.28. The molecule has 0 aromatic heterocycles. The molecule has 1 saturated heterocycles. The summed E-state index contributed by atoms with van der Waals surface area (Å²) in [6.45, 7) is 2.94. The molecule has 2 unspecified atom stereocenters. The number of likely N-dealkylation sites (N-methyl/N-ethyl adjacent to an activating group) is 1. The van der Waals surface area contributed by atoms with Gasteiger partial charge >= 0.3 is 0 Å². The zero-order valence-electron chi connectivity index (χ0n) is 10.4. The van der Waals surface area contributed by atoms with Crippen LogP contribution >= 0.6 is 15.9 Å². The van der Waals surface area contributed by atoms with Gasteiger partial charge in [0.15, 0.2) is 0 Å². The van der Waals surface area contributed by atoms with E-state index >= 15 is 0 Å². The first-order chi connectivity index (χ1) is 8.50. The summed E-state index contributed by atoms with van der Waals surface area (Å²) in [6.07, 6.45) is 1.00. The Morgan fingerprint density at radius 1 is 1.44 bits per heavy atom. The number of hydrogen-bond acceptors (Lipinski definition) is 2. The van der Waals surface area contributed by atoms with Crippen molar-refractivity contribution < 1.29 is 13.5 Å². The number of nitrogens with zero attached hydrogens (tertiary/aromatic N) is 1. The first-order valence-electron chi connectivity index (χ1n) is 5.95. The summed E-state index contributed by atoms with van der Waals surface area (Å²) in [7, 11) is 1.87. The van der Waals surface area contributed by atoms with Gasteiger partial charge in [-0.25, -0.2) is 8.78 Å². The summed E-state index contributed by atoms with van der Waals surface area (Å²) in [5.74, 6) is -1.03. The molecule has 2 rings (SSSR count). The first kappa shape index (κ1) is 13.9. The molecule has 0 bridgehead atoms. The van der Waals surface area contributed by atoms with E-state index in [0.29, 0.717) is 11.1 Å². The van der Waals surface area contributed by atoms with E-state index in [0.717, 1.165) is 6.42 Å². The van der Waals surface area contributed by atoms with E-state index in [1.54, 1.807) is 0 Å². The Labute approximate surface area is 114 Å². The molecule has 1 heterocycles. The van der Waals surface area contributed by atoms with Crippen LogP contribution in [-0.4, -0.2) is 30.7 Å². The Kier molecular flexibility index (Phi) is 4.35. The lowest BCUT2D eigenvalue weighted by atomic mass is 10.1. The second-order valence-electron chi connectivity index (χ2n) is 4.67. The molecule has 1 aliphatic heterocycles. The molecule has 100 valence electrons. The lowest BCUT2D eigenvalue weighted by molar-refractivity contribution is 0.0806. The first-order valence-corrected chi connectivity index (χ1v) is 6.74. The fourth-order valence-electron chi connectivity index (χ4n) is 2.38. The summed E-state index contributed by atoms with van der Waals surface area (Å²) in [5.41, 5.74) is 0.103. The van der Waals surface area contributed by atoms with Crippen LogP contribution in [0.15, 0.2) is 16.6 Å². The minimum atomic E-state index is -0.520. The number of halogens is 3. The molecule has 0 N–H and O–H groups in total. The summed E-state index contributed by atoms with van der Waals surface area (Å²) in [6, 6.07) is 2.88. The normalized spacial score (nSPS) is 23.9. The third-order valence-electron chi connectivity index (χ3n) is 3.45. The third kappa shape index (κ3) is 2.73. The maximum Gasteiger partial charge on any atom is 0.144 e. The topological polar surface area (TPSA) is 12.5 Å². The molecule has 0 spiro atoms. The molecule has 1 aromatic carbocycles. The molecular weight excluding hydrogens is 304 g/mol. The summed E-state index contributed by atoms with van der Waals surface area (Å²) < 4.78 is 33.3. The molecular formula is C13H16BrF2NO. The molecule has 18 heavy (non-hydrogen) atoms. The molecule has 5 heteroatoms. The minimum absolute atomic E-state index is 0.103. The van der Waals surface area contributed by atoms with Crippen LogP contribution in [0.2, 0.25) is 0 Å². The van der Waals surface area contributed by atoms with Crippen LogP contribution < -0.4 is 0 Å². The van der Waals surface area contributed by atoms with E-state index < -0.39 is 11.6 Å². The number of benzene rings is 1. The molecule has 0 amide bonds. The van der Waals surface area contributed by atoms with Crippen molar-refractivity contribution >= 4 is 15.9 Å². The van der Waals surface area contributed by atoms with Crippen molar-refractivity contribution in [3.8, 4) is 0 Å². The van der Waals surface area contributed by atoms with Gasteiger partial charge in [0.2, 0.25) is 0 Å². The highest BCUT2D eigenvalue weighted by atomic mass is 79.9. The van der Waals surface area contributed by atoms with E-state index in [-0.39, 0.29) is 24.3 Å². The smallest absolute Gasteiger partial charge is 0.144 e. The fourth-order valence-corrected chi connectivity index (χ4v) is 2.75. The Hall–Kier alpha value is -0.520. The van der Waals surface area contributed by atoms with E-state index in [1.165, 1.54) is 12.1 Å². The molecule has 1 aliphatic rings. The lowest BCUT2D eigenvalue weighted by Gasteiger charge is -2.26. The monoisotopic (exact) mass is 319 g/mol. The third-order valence-corrected chi connectivity index (χ3v) is 4.06. The quantitative estimate of drug-likeness (QED) is 0.792. The van der Waals surface area contributed by atoms with Gasteiger partial charge in [0.25, 0.3) is 0 Å². The fraction of sp³-hybridized carbons (Fsp3) is 0.538. The standard InChI is InChI=1S/C13H16BrF2NO/c1-8-12(5-6-18-8)17(2)7-9-11(15)4-3-10(14)13(9)16/h3-4,8,12H,5-7H2,1-2H3. The zero-order valence-corrected chi connectivity index (χ0v) is 12.0. The summed E-state index contributed by atoms with van der Waals surface area (Å²) in [4.78, 5) is 1.95. The Morgan fingerprint density at radius 3 is 2.78 bits per heavy atom. The Morgan fingerprint density at radius 2 is 2.17 bits per heavy atom. The van der Waals surface area contributed by atoms with Crippen molar-refractivity contribution in [3.05, 3.63) is 33.8 Å². The molecule has 0 aliphatic carbocycles. The number of rotatable bonds is 3. The van der Waals surface area contributed by atoms with Gasteiger partial charge in [-0.3, -0.25) is 4.90 Å². The van der Waals surface area contributed by atoms with Gasteiger partial charge in [0.05, 0.1) is 10.6 Å². The van der Waals surface area contributed by atoms with Crippen LogP contribution in [-0.2, 0) is 11.3 Å². The van der Waals surface area contributed by atoms with Crippen LogP contribution in [0.4, 0.5) is 8.78 Å². The van der Waals surface area contributed by atoms with Gasteiger partial charge in [-0.2, -0.15) is 0 Å². The van der Waals surface area contributed by atoms with Crippen molar-refractivity contribution in [1.82, 2.24) is 4.90 Å². The largest absolute Gasteiger partial charge is 0.377 e. The molecule has 1 aromatic rings. The van der Waals surface area contributed by atoms with Gasteiger partial charge < -0.3 is 4.74 Å². The maximum atomic E-state index is 13.9. The van der Waals surface area contributed by atoms with Crippen LogP contribution in [0.5, 0.6) is 0 Å². The highest BCUT2D eigenvalue weighted by Crippen LogP contribution is 2.25. The predicted molar refractivity (Wildman–Crippen MR) is 69.3 cm³/mol. The maximum absolute atomic E-state index is 13.9. The molecule has 2 atom stereocenters. The van der Waals surface area contributed by atoms with Crippen LogP contribution in [0.1, 0.15) is 18.9 Å². The number of ether oxygens (including phenoxy) is 1. The van der Waals surface area contributed by atoms with Gasteiger partial charge in [0.1, 0.15) is 11.6 Å². The van der Waals surface area contributed by atoms with Crippen molar-refractivity contribution in [3.63, 3.8) is 0 Å².